The number of rotatable bonds is 0. The van der Waals surface area contributed by atoms with Crippen LogP contribution in [0.3, 0.4) is 0 Å². The standard InChI is InChI=1S/3C6H11NOS2.Co/c3*8-5-1-3-7(4-2-5)6(9)10;/h3*5,8H,1-4H2,(H,9,10);/q;;;+3. The van der Waals surface area contributed by atoms with E-state index in [-0.39, 0.29) is 35.1 Å². The van der Waals surface area contributed by atoms with Crippen LogP contribution < -0.4 is 0 Å². The molecule has 0 aromatic carbocycles. The molecule has 3 fully saturated rings. The largest absolute Gasteiger partial charge is 3.00 e. The smallest absolute Gasteiger partial charge is 0.680 e. The van der Waals surface area contributed by atoms with E-state index in [0.717, 1.165) is 77.8 Å². The molecular weight excluding hydrogens is 558 g/mol. The third-order valence-corrected chi connectivity index (χ3v) is 6.83. The number of hydrogen-bond donors (Lipinski definition) is 3. The Hall–Kier alpha value is 1.59. The summed E-state index contributed by atoms with van der Waals surface area (Å²) < 4.78 is 1.94. The summed E-state index contributed by atoms with van der Waals surface area (Å²) in [4.78, 5) is 6.02. The van der Waals surface area contributed by atoms with Crippen molar-refractivity contribution < 1.29 is 32.1 Å². The van der Waals surface area contributed by atoms with Gasteiger partial charge in [0.25, 0.3) is 0 Å². The SMILES string of the molecule is OC1CCN(C([S-])=[SH+])CC1.OC1CCN(C([S-])=[SH+])CC1.OC1CCN(C([S-])=[SH+])CC1.[Co+3]. The molecule has 0 radical (unpaired) electrons. The molecule has 3 aliphatic heterocycles. The van der Waals surface area contributed by atoms with Crippen molar-refractivity contribution in [1.82, 2.24) is 14.7 Å². The summed E-state index contributed by atoms with van der Waals surface area (Å²) in [6.45, 7) is 5.10. The maximum atomic E-state index is 9.11. The fourth-order valence-electron chi connectivity index (χ4n) is 3.17. The van der Waals surface area contributed by atoms with E-state index in [0.29, 0.717) is 13.0 Å². The van der Waals surface area contributed by atoms with E-state index in [1.165, 1.54) is 0 Å². The Morgan fingerprint density at radius 1 is 0.516 bits per heavy atom. The van der Waals surface area contributed by atoms with E-state index in [1.807, 2.05) is 14.7 Å². The summed E-state index contributed by atoms with van der Waals surface area (Å²) in [5.74, 6) is 0. The molecule has 0 unspecified atom stereocenters. The number of hydrogen-bond acceptors (Lipinski definition) is 6. The average molecular weight is 591 g/mol. The van der Waals surface area contributed by atoms with Gasteiger partial charge in [-0.2, -0.15) is 0 Å². The number of nitrogens with zero attached hydrogens (tertiary/aromatic N) is 3. The molecule has 0 bridgehead atoms. The van der Waals surface area contributed by atoms with Crippen LogP contribution in [0.2, 0.25) is 0 Å². The Labute approximate surface area is 228 Å². The molecule has 0 amide bonds. The zero-order valence-corrected chi connectivity index (χ0v) is 23.5. The van der Waals surface area contributed by atoms with Gasteiger partial charge in [0.05, 0.1) is 18.3 Å². The van der Waals surface area contributed by atoms with Crippen LogP contribution in [0.5, 0.6) is 0 Å². The topological polar surface area (TPSA) is 70.4 Å². The van der Waals surface area contributed by atoms with Crippen molar-refractivity contribution in [2.24, 2.45) is 0 Å². The van der Waals surface area contributed by atoms with Gasteiger partial charge in [0.15, 0.2) is 0 Å². The number of aliphatic hydroxyl groups excluding tert-OH is 3. The van der Waals surface area contributed by atoms with Gasteiger partial charge in [0.1, 0.15) is 49.6 Å². The summed E-state index contributed by atoms with van der Waals surface area (Å²) in [6, 6.07) is 0. The molecule has 0 aliphatic carbocycles. The predicted molar refractivity (Wildman–Crippen MR) is 144 cm³/mol. The summed E-state index contributed by atoms with van der Waals surface area (Å²) in [5, 5.41) is 27.3. The summed E-state index contributed by atoms with van der Waals surface area (Å²) in [7, 11) is 0. The molecule has 3 aliphatic rings. The maximum Gasteiger partial charge on any atom is 3.00 e. The Morgan fingerprint density at radius 2 is 0.677 bits per heavy atom. The first-order valence-corrected chi connectivity index (χ1v) is 12.6. The summed E-state index contributed by atoms with van der Waals surface area (Å²) >= 11 is 26.7. The maximum absolute atomic E-state index is 9.11. The summed E-state index contributed by atoms with van der Waals surface area (Å²) in [6.07, 6.45) is 4.54. The molecule has 6 nitrogen and oxygen atoms in total. The predicted octanol–water partition coefficient (Wildman–Crippen LogP) is -1.93. The number of aliphatic hydroxyl groups is 3. The Morgan fingerprint density at radius 3 is 0.806 bits per heavy atom. The van der Waals surface area contributed by atoms with E-state index in [4.69, 9.17) is 53.2 Å². The second-order valence-corrected chi connectivity index (χ2v) is 10.8. The van der Waals surface area contributed by atoms with Gasteiger partial charge in [-0.15, -0.1) is 0 Å². The Kier molecular flexibility index (Phi) is 18.9. The van der Waals surface area contributed by atoms with Crippen molar-refractivity contribution in [3.8, 4) is 0 Å². The second-order valence-electron chi connectivity index (χ2n) is 7.50. The van der Waals surface area contributed by atoms with E-state index in [2.05, 4.69) is 36.7 Å². The number of likely N-dealkylation sites (tertiary alicyclic amines) is 3. The fraction of sp³-hybridized carbons (Fsp3) is 0.833. The van der Waals surface area contributed by atoms with Crippen molar-refractivity contribution in [3.05, 3.63) is 0 Å². The minimum absolute atomic E-state index is 0. The zero-order valence-electron chi connectivity index (χ0n) is 17.3. The molecule has 3 saturated heterocycles. The molecule has 0 atom stereocenters. The Bertz CT molecular complexity index is 478. The van der Waals surface area contributed by atoms with Crippen LogP contribution in [-0.2, 0) is 91.3 Å². The first kappa shape index (κ1) is 32.6. The van der Waals surface area contributed by atoms with Crippen molar-refractivity contribution in [2.45, 2.75) is 56.8 Å². The molecule has 3 heterocycles. The quantitative estimate of drug-likeness (QED) is 0.130. The van der Waals surface area contributed by atoms with Crippen molar-refractivity contribution in [2.75, 3.05) is 39.3 Å². The minimum atomic E-state index is -0.126. The molecule has 3 rings (SSSR count). The summed E-state index contributed by atoms with van der Waals surface area (Å²) in [5.41, 5.74) is 0. The van der Waals surface area contributed by atoms with E-state index in [1.54, 1.807) is 0 Å². The van der Waals surface area contributed by atoms with Crippen LogP contribution >= 0.6 is 0 Å². The zero-order chi connectivity index (χ0) is 22.7. The third-order valence-electron chi connectivity index (χ3n) is 5.21. The van der Waals surface area contributed by atoms with Crippen LogP contribution in [0, 0.1) is 0 Å². The molecule has 0 spiro atoms. The molecule has 31 heavy (non-hydrogen) atoms. The van der Waals surface area contributed by atoms with E-state index in [9.17, 15) is 0 Å². The van der Waals surface area contributed by atoms with Crippen LogP contribution in [-0.4, -0.2) is 101 Å². The van der Waals surface area contributed by atoms with E-state index >= 15 is 0 Å². The first-order chi connectivity index (χ1) is 14.1. The fourth-order valence-corrected chi connectivity index (χ4v) is 4.32. The van der Waals surface area contributed by atoms with Crippen LogP contribution in [0.4, 0.5) is 0 Å². The monoisotopic (exact) mass is 590 g/mol. The van der Waals surface area contributed by atoms with Gasteiger partial charge in [0, 0.05) is 39.3 Å². The molecule has 0 aromatic rings. The van der Waals surface area contributed by atoms with Crippen LogP contribution in [0.1, 0.15) is 38.5 Å². The Balaban J connectivity index is 0.000000429. The van der Waals surface area contributed by atoms with E-state index < -0.39 is 0 Å². The van der Waals surface area contributed by atoms with Crippen molar-refractivity contribution in [1.29, 1.82) is 0 Å². The molecule has 0 saturated carbocycles. The normalized spacial score (nSPS) is 22.3. The number of piperidine rings is 3. The molecule has 13 heteroatoms. The molecule has 0 aromatic heterocycles. The first-order valence-electron chi connectivity index (χ1n) is 10.1. The average Bonchev–Trinajstić information content (AvgIpc) is 2.70. The molecular formula is C18H33CoN3O3S6+3. The van der Waals surface area contributed by atoms with Gasteiger partial charge in [-0.1, -0.05) is 0 Å². The van der Waals surface area contributed by atoms with Crippen LogP contribution in [0.25, 0.3) is 0 Å². The molecule has 180 valence electrons. The van der Waals surface area contributed by atoms with Crippen LogP contribution in [0.15, 0.2) is 0 Å². The van der Waals surface area contributed by atoms with Gasteiger partial charge >= 0.3 is 16.8 Å². The second kappa shape index (κ2) is 17.9. The van der Waals surface area contributed by atoms with Gasteiger partial charge < -0.3 is 53.2 Å². The molecule has 3 N–H and O–H groups in total. The van der Waals surface area contributed by atoms with Gasteiger partial charge in [-0.25, -0.2) is 0 Å². The third kappa shape index (κ3) is 14.6. The van der Waals surface area contributed by atoms with Gasteiger partial charge in [0.2, 0.25) is 0 Å². The van der Waals surface area contributed by atoms with Crippen molar-refractivity contribution in [3.63, 3.8) is 0 Å². The van der Waals surface area contributed by atoms with Crippen molar-refractivity contribution >= 4 is 87.5 Å². The van der Waals surface area contributed by atoms with Gasteiger partial charge in [-0.3, -0.25) is 14.7 Å². The minimum Gasteiger partial charge on any atom is -0.680 e. The number of thiol groups is 3. The van der Waals surface area contributed by atoms with Gasteiger partial charge in [-0.05, 0) is 38.5 Å².